The normalized spacial score (nSPS) is 15.1. The van der Waals surface area contributed by atoms with Gasteiger partial charge >= 0.3 is 0 Å². The highest BCUT2D eigenvalue weighted by atomic mass is 35.5. The Kier molecular flexibility index (Phi) is 3.26. The molecule has 2 amide bonds. The quantitative estimate of drug-likeness (QED) is 0.813. The first kappa shape index (κ1) is 12.2. The van der Waals surface area contributed by atoms with Crippen LogP contribution in [0.5, 0.6) is 0 Å². The monoisotopic (exact) mass is 272 g/mol. The Balaban J connectivity index is 2.28. The Morgan fingerprint density at radius 3 is 2.88 bits per heavy atom. The Morgan fingerprint density at radius 1 is 1.53 bits per heavy atom. The molecule has 0 saturated heterocycles. The van der Waals surface area contributed by atoms with Crippen molar-refractivity contribution in [3.63, 3.8) is 0 Å². The zero-order valence-electron chi connectivity index (χ0n) is 9.01. The van der Waals surface area contributed by atoms with Crippen molar-refractivity contribution in [3.05, 3.63) is 22.7 Å². The number of rotatable bonds is 2. The highest BCUT2D eigenvalue weighted by molar-refractivity contribution is 6.36. The van der Waals surface area contributed by atoms with Gasteiger partial charge in [-0.2, -0.15) is 0 Å². The van der Waals surface area contributed by atoms with E-state index >= 15 is 0 Å². The second-order valence-electron chi connectivity index (χ2n) is 3.82. The van der Waals surface area contributed by atoms with Gasteiger partial charge in [-0.1, -0.05) is 11.6 Å². The van der Waals surface area contributed by atoms with Crippen LogP contribution < -0.4 is 10.6 Å². The summed E-state index contributed by atoms with van der Waals surface area (Å²) in [5.74, 6) is -0.406. The molecule has 0 bridgehead atoms. The van der Waals surface area contributed by atoms with Crippen molar-refractivity contribution in [2.24, 2.45) is 0 Å². The largest absolute Gasteiger partial charge is 0.325 e. The molecule has 4 nitrogen and oxygen atoms in total. The smallest absolute Gasteiger partial charge is 0.242 e. The predicted molar refractivity (Wildman–Crippen MR) is 67.7 cm³/mol. The molecule has 90 valence electrons. The lowest BCUT2D eigenvalue weighted by Crippen LogP contribution is -2.20. The van der Waals surface area contributed by atoms with Crippen LogP contribution in [0.15, 0.2) is 12.1 Å². The molecule has 1 heterocycles. The molecular formula is C11H10Cl2N2O2. The molecule has 0 spiro atoms. The number of carbonyl (C=O) groups is 2. The van der Waals surface area contributed by atoms with E-state index in [1.165, 1.54) is 0 Å². The number of nitrogens with one attached hydrogen (secondary N) is 2. The summed E-state index contributed by atoms with van der Waals surface area (Å²) in [6, 6.07) is 3.31. The number of alkyl halides is 1. The minimum Gasteiger partial charge on any atom is -0.325 e. The third-order valence-electron chi connectivity index (χ3n) is 2.44. The zero-order valence-corrected chi connectivity index (χ0v) is 10.5. The maximum Gasteiger partial charge on any atom is 0.242 e. The number of benzene rings is 1. The first-order valence-electron chi connectivity index (χ1n) is 5.04. The van der Waals surface area contributed by atoms with Crippen molar-refractivity contribution >= 4 is 46.4 Å². The SMILES string of the molecule is CC(Cl)C(=O)Nc1cc2c(cc1Cl)NC(=O)C2. The second-order valence-corrected chi connectivity index (χ2v) is 4.88. The Morgan fingerprint density at radius 2 is 2.24 bits per heavy atom. The topological polar surface area (TPSA) is 58.2 Å². The first-order chi connectivity index (χ1) is 7.97. The molecule has 1 aliphatic heterocycles. The standard InChI is InChI=1S/C11H10Cl2N2O2/c1-5(12)11(17)15-9-2-6-3-10(16)14-8(6)4-7(9)13/h2,4-5H,3H2,1H3,(H,14,16)(H,15,17). The number of hydrogen-bond donors (Lipinski definition) is 2. The van der Waals surface area contributed by atoms with Gasteiger partial charge in [-0.15, -0.1) is 11.6 Å². The summed E-state index contributed by atoms with van der Waals surface area (Å²) in [6.07, 6.45) is 0.297. The summed E-state index contributed by atoms with van der Waals surface area (Å²) < 4.78 is 0. The number of fused-ring (bicyclic) bond motifs is 1. The summed E-state index contributed by atoms with van der Waals surface area (Å²) >= 11 is 11.6. The van der Waals surface area contributed by atoms with Crippen molar-refractivity contribution in [1.29, 1.82) is 0 Å². The average molecular weight is 273 g/mol. The van der Waals surface area contributed by atoms with Crippen LogP contribution in [0.3, 0.4) is 0 Å². The number of hydrogen-bond acceptors (Lipinski definition) is 2. The van der Waals surface area contributed by atoms with Crippen LogP contribution in [0.2, 0.25) is 5.02 Å². The summed E-state index contributed by atoms with van der Waals surface area (Å²) in [5, 5.41) is 5.02. The lowest BCUT2D eigenvalue weighted by Gasteiger charge is -2.10. The fourth-order valence-electron chi connectivity index (χ4n) is 1.58. The highest BCUT2D eigenvalue weighted by Gasteiger charge is 2.20. The van der Waals surface area contributed by atoms with E-state index in [-0.39, 0.29) is 11.8 Å². The lowest BCUT2D eigenvalue weighted by molar-refractivity contribution is -0.116. The molecule has 2 N–H and O–H groups in total. The minimum absolute atomic E-state index is 0.0785. The number of carbonyl (C=O) groups excluding carboxylic acids is 2. The molecular weight excluding hydrogens is 263 g/mol. The third kappa shape index (κ3) is 2.53. The molecule has 0 radical (unpaired) electrons. The van der Waals surface area contributed by atoms with Gasteiger partial charge < -0.3 is 10.6 Å². The van der Waals surface area contributed by atoms with E-state index in [9.17, 15) is 9.59 Å². The van der Waals surface area contributed by atoms with Crippen molar-refractivity contribution in [2.45, 2.75) is 18.7 Å². The fraction of sp³-hybridized carbons (Fsp3) is 0.273. The van der Waals surface area contributed by atoms with Gasteiger partial charge in [0.2, 0.25) is 11.8 Å². The minimum atomic E-state index is -0.640. The van der Waals surface area contributed by atoms with E-state index in [0.29, 0.717) is 22.8 Å². The Bertz CT molecular complexity index is 500. The molecule has 1 aromatic rings. The van der Waals surface area contributed by atoms with E-state index in [2.05, 4.69) is 10.6 Å². The summed E-state index contributed by atoms with van der Waals surface area (Å²) in [7, 11) is 0. The molecule has 1 aliphatic rings. The Hall–Kier alpha value is -1.26. The van der Waals surface area contributed by atoms with E-state index in [4.69, 9.17) is 23.2 Å². The van der Waals surface area contributed by atoms with Gasteiger partial charge in [0.1, 0.15) is 5.38 Å². The van der Waals surface area contributed by atoms with Crippen molar-refractivity contribution in [3.8, 4) is 0 Å². The summed E-state index contributed by atoms with van der Waals surface area (Å²) in [4.78, 5) is 22.6. The van der Waals surface area contributed by atoms with Gasteiger partial charge in [0, 0.05) is 5.69 Å². The van der Waals surface area contributed by atoms with Crippen LogP contribution in [0, 0.1) is 0 Å². The molecule has 1 aromatic carbocycles. The third-order valence-corrected chi connectivity index (χ3v) is 2.95. The molecule has 6 heteroatoms. The molecule has 0 aromatic heterocycles. The molecule has 0 aliphatic carbocycles. The van der Waals surface area contributed by atoms with Gasteiger partial charge in [-0.05, 0) is 24.6 Å². The van der Waals surface area contributed by atoms with Crippen LogP contribution in [0.1, 0.15) is 12.5 Å². The molecule has 17 heavy (non-hydrogen) atoms. The van der Waals surface area contributed by atoms with Gasteiger partial charge in [0.25, 0.3) is 0 Å². The van der Waals surface area contributed by atoms with Gasteiger partial charge in [0.15, 0.2) is 0 Å². The maximum atomic E-state index is 11.4. The predicted octanol–water partition coefficient (Wildman–Crippen LogP) is 2.40. The van der Waals surface area contributed by atoms with E-state index in [0.717, 1.165) is 5.56 Å². The lowest BCUT2D eigenvalue weighted by atomic mass is 10.1. The zero-order chi connectivity index (χ0) is 12.6. The number of halogens is 2. The number of amides is 2. The van der Waals surface area contributed by atoms with Crippen LogP contribution in [0.4, 0.5) is 11.4 Å². The summed E-state index contributed by atoms with van der Waals surface area (Å²) in [6.45, 7) is 1.57. The van der Waals surface area contributed by atoms with Crippen LogP contribution in [-0.4, -0.2) is 17.2 Å². The fourth-order valence-corrected chi connectivity index (χ4v) is 1.84. The molecule has 1 atom stereocenters. The summed E-state index contributed by atoms with van der Waals surface area (Å²) in [5.41, 5.74) is 1.98. The first-order valence-corrected chi connectivity index (χ1v) is 5.86. The van der Waals surface area contributed by atoms with E-state index < -0.39 is 5.38 Å². The molecule has 2 rings (SSSR count). The number of anilines is 2. The van der Waals surface area contributed by atoms with E-state index in [1.807, 2.05) is 0 Å². The maximum absolute atomic E-state index is 11.4. The van der Waals surface area contributed by atoms with Gasteiger partial charge in [-0.3, -0.25) is 9.59 Å². The van der Waals surface area contributed by atoms with Gasteiger partial charge in [-0.25, -0.2) is 0 Å². The molecule has 0 saturated carbocycles. The molecule has 0 fully saturated rings. The van der Waals surface area contributed by atoms with Crippen LogP contribution in [0.25, 0.3) is 0 Å². The van der Waals surface area contributed by atoms with Crippen molar-refractivity contribution in [2.75, 3.05) is 10.6 Å². The van der Waals surface area contributed by atoms with Crippen molar-refractivity contribution in [1.82, 2.24) is 0 Å². The average Bonchev–Trinajstić information content (AvgIpc) is 2.57. The van der Waals surface area contributed by atoms with Gasteiger partial charge in [0.05, 0.1) is 17.1 Å². The Labute approximate surface area is 108 Å². The second kappa shape index (κ2) is 4.55. The van der Waals surface area contributed by atoms with Crippen LogP contribution in [-0.2, 0) is 16.0 Å². The van der Waals surface area contributed by atoms with Crippen molar-refractivity contribution < 1.29 is 9.59 Å². The highest BCUT2D eigenvalue weighted by Crippen LogP contribution is 2.32. The molecule has 1 unspecified atom stereocenters. The van der Waals surface area contributed by atoms with Crippen LogP contribution >= 0.6 is 23.2 Å². The van der Waals surface area contributed by atoms with E-state index in [1.54, 1.807) is 19.1 Å².